The average Bonchev–Trinajstić information content (AvgIpc) is 2.19. The maximum atomic E-state index is 9.13. The lowest BCUT2D eigenvalue weighted by molar-refractivity contribution is 0.500. The average molecular weight is 200 g/mol. The monoisotopic (exact) mass is 200 g/mol. The van der Waals surface area contributed by atoms with Crippen LogP contribution in [-0.2, 0) is 0 Å². The summed E-state index contributed by atoms with van der Waals surface area (Å²) in [7, 11) is 0. The van der Waals surface area contributed by atoms with Crippen molar-refractivity contribution in [3.05, 3.63) is 41.6 Å². The van der Waals surface area contributed by atoms with Crippen LogP contribution in [0, 0.1) is 16.7 Å². The second-order valence-electron chi connectivity index (χ2n) is 4.52. The van der Waals surface area contributed by atoms with E-state index in [1.807, 2.05) is 51.1 Å². The molecule has 1 aromatic carbocycles. The van der Waals surface area contributed by atoms with Crippen LogP contribution in [0.3, 0.4) is 0 Å². The first kappa shape index (κ1) is 11.3. The Morgan fingerprint density at radius 2 is 1.73 bits per heavy atom. The van der Waals surface area contributed by atoms with E-state index in [-0.39, 0.29) is 5.41 Å². The molecule has 15 heavy (non-hydrogen) atoms. The molecule has 0 fully saturated rings. The number of benzene rings is 1. The minimum Gasteiger partial charge on any atom is -0.401 e. The van der Waals surface area contributed by atoms with Gasteiger partial charge in [-0.05, 0) is 5.56 Å². The van der Waals surface area contributed by atoms with E-state index in [4.69, 9.17) is 11.0 Å². The topological polar surface area (TPSA) is 49.8 Å². The number of nitriles is 1. The Balaban J connectivity index is 3.28. The first-order valence-electron chi connectivity index (χ1n) is 4.92. The van der Waals surface area contributed by atoms with Gasteiger partial charge in [-0.15, -0.1) is 0 Å². The van der Waals surface area contributed by atoms with Gasteiger partial charge in [0, 0.05) is 11.1 Å². The van der Waals surface area contributed by atoms with E-state index in [9.17, 15) is 0 Å². The van der Waals surface area contributed by atoms with Gasteiger partial charge in [0.1, 0.15) is 6.07 Å². The first-order chi connectivity index (χ1) is 6.96. The van der Waals surface area contributed by atoms with E-state index < -0.39 is 0 Å². The highest BCUT2D eigenvalue weighted by Gasteiger charge is 2.19. The van der Waals surface area contributed by atoms with Gasteiger partial charge in [-0.25, -0.2) is 0 Å². The molecule has 1 aromatic rings. The summed E-state index contributed by atoms with van der Waals surface area (Å²) < 4.78 is 0. The number of nitrogens with zero attached hydrogens (tertiary/aromatic N) is 1. The molecule has 0 saturated carbocycles. The van der Waals surface area contributed by atoms with Crippen LogP contribution in [0.5, 0.6) is 0 Å². The second-order valence-corrected chi connectivity index (χ2v) is 4.52. The standard InChI is InChI=1S/C13H16N2/c1-13(2,3)12(15)11(9-14)10-7-5-4-6-8-10/h4-8H,15H2,1-3H3/b12-11+. The van der Waals surface area contributed by atoms with Crippen molar-refractivity contribution in [2.24, 2.45) is 11.1 Å². The molecule has 0 radical (unpaired) electrons. The fraction of sp³-hybridized carbons (Fsp3) is 0.308. The predicted octanol–water partition coefficient (Wildman–Crippen LogP) is 2.93. The molecule has 78 valence electrons. The maximum absolute atomic E-state index is 9.13. The van der Waals surface area contributed by atoms with Gasteiger partial charge in [-0.1, -0.05) is 51.1 Å². The number of hydrogen-bond donors (Lipinski definition) is 1. The van der Waals surface area contributed by atoms with Gasteiger partial charge in [-0.2, -0.15) is 5.26 Å². The van der Waals surface area contributed by atoms with Gasteiger partial charge in [0.15, 0.2) is 0 Å². The van der Waals surface area contributed by atoms with Crippen molar-refractivity contribution in [3.63, 3.8) is 0 Å². The summed E-state index contributed by atoms with van der Waals surface area (Å²) in [5, 5.41) is 9.13. The molecule has 1 rings (SSSR count). The lowest BCUT2D eigenvalue weighted by Crippen LogP contribution is -2.18. The summed E-state index contributed by atoms with van der Waals surface area (Å²) in [6.45, 7) is 6.01. The molecule has 0 aliphatic heterocycles. The van der Waals surface area contributed by atoms with Crippen LogP contribution in [0.2, 0.25) is 0 Å². The second kappa shape index (κ2) is 4.18. The molecule has 0 amide bonds. The van der Waals surface area contributed by atoms with Crippen molar-refractivity contribution in [1.29, 1.82) is 5.26 Å². The van der Waals surface area contributed by atoms with Gasteiger partial charge in [0.2, 0.25) is 0 Å². The Morgan fingerprint density at radius 1 is 1.20 bits per heavy atom. The number of rotatable bonds is 1. The Kier molecular flexibility index (Phi) is 3.16. The summed E-state index contributed by atoms with van der Waals surface area (Å²) in [5.41, 5.74) is 7.90. The van der Waals surface area contributed by atoms with Crippen molar-refractivity contribution in [2.45, 2.75) is 20.8 Å². The summed E-state index contributed by atoms with van der Waals surface area (Å²) in [6, 6.07) is 11.7. The number of allylic oxidation sites excluding steroid dienone is 2. The van der Waals surface area contributed by atoms with Gasteiger partial charge >= 0.3 is 0 Å². The van der Waals surface area contributed by atoms with Crippen LogP contribution in [-0.4, -0.2) is 0 Å². The van der Waals surface area contributed by atoms with Crippen LogP contribution < -0.4 is 5.73 Å². The fourth-order valence-electron chi connectivity index (χ4n) is 1.26. The van der Waals surface area contributed by atoms with Crippen molar-refractivity contribution in [2.75, 3.05) is 0 Å². The summed E-state index contributed by atoms with van der Waals surface area (Å²) in [6.07, 6.45) is 0. The highest BCUT2D eigenvalue weighted by molar-refractivity contribution is 5.79. The smallest absolute Gasteiger partial charge is 0.102 e. The Morgan fingerprint density at radius 3 is 2.13 bits per heavy atom. The van der Waals surface area contributed by atoms with Crippen LogP contribution >= 0.6 is 0 Å². The van der Waals surface area contributed by atoms with Gasteiger partial charge in [0.25, 0.3) is 0 Å². The van der Waals surface area contributed by atoms with E-state index in [2.05, 4.69) is 6.07 Å². The quantitative estimate of drug-likeness (QED) is 0.708. The molecule has 0 atom stereocenters. The number of nitrogens with two attached hydrogens (primary N) is 1. The molecule has 2 nitrogen and oxygen atoms in total. The van der Waals surface area contributed by atoms with Gasteiger partial charge in [-0.3, -0.25) is 0 Å². The molecule has 0 heterocycles. The molecular formula is C13H16N2. The third-order valence-electron chi connectivity index (χ3n) is 2.25. The van der Waals surface area contributed by atoms with E-state index in [1.54, 1.807) is 0 Å². The molecule has 0 aliphatic rings. The summed E-state index contributed by atoms with van der Waals surface area (Å²) in [4.78, 5) is 0. The largest absolute Gasteiger partial charge is 0.401 e. The summed E-state index contributed by atoms with van der Waals surface area (Å²) >= 11 is 0. The first-order valence-corrected chi connectivity index (χ1v) is 4.92. The molecule has 0 saturated heterocycles. The van der Waals surface area contributed by atoms with E-state index in [0.717, 1.165) is 5.56 Å². The Hall–Kier alpha value is -1.75. The van der Waals surface area contributed by atoms with Crippen molar-refractivity contribution in [3.8, 4) is 6.07 Å². The normalized spacial score (nSPS) is 12.9. The minimum absolute atomic E-state index is 0.180. The van der Waals surface area contributed by atoms with Crippen molar-refractivity contribution < 1.29 is 0 Å². The highest BCUT2D eigenvalue weighted by Crippen LogP contribution is 2.28. The van der Waals surface area contributed by atoms with E-state index >= 15 is 0 Å². The van der Waals surface area contributed by atoms with Crippen LogP contribution in [0.1, 0.15) is 26.3 Å². The molecule has 0 bridgehead atoms. The Labute approximate surface area is 91.0 Å². The lowest BCUT2D eigenvalue weighted by Gasteiger charge is -2.20. The predicted molar refractivity (Wildman–Crippen MR) is 62.6 cm³/mol. The van der Waals surface area contributed by atoms with Crippen molar-refractivity contribution >= 4 is 5.57 Å². The Bertz CT molecular complexity index is 402. The lowest BCUT2D eigenvalue weighted by atomic mass is 9.87. The van der Waals surface area contributed by atoms with Crippen molar-refractivity contribution in [1.82, 2.24) is 0 Å². The SMILES string of the molecule is CC(C)(C)/C(N)=C(/C#N)c1ccccc1. The fourth-order valence-corrected chi connectivity index (χ4v) is 1.26. The summed E-state index contributed by atoms with van der Waals surface area (Å²) in [5.74, 6) is 0. The van der Waals surface area contributed by atoms with Gasteiger partial charge < -0.3 is 5.73 Å². The molecular weight excluding hydrogens is 184 g/mol. The molecule has 2 heteroatoms. The molecule has 0 aromatic heterocycles. The van der Waals surface area contributed by atoms with Crippen LogP contribution in [0.25, 0.3) is 5.57 Å². The number of hydrogen-bond acceptors (Lipinski definition) is 2. The molecule has 0 aliphatic carbocycles. The highest BCUT2D eigenvalue weighted by atomic mass is 14.6. The van der Waals surface area contributed by atoms with Crippen LogP contribution in [0.15, 0.2) is 36.0 Å². The minimum atomic E-state index is -0.180. The zero-order valence-corrected chi connectivity index (χ0v) is 9.41. The van der Waals surface area contributed by atoms with Gasteiger partial charge in [0.05, 0.1) is 5.57 Å². The third-order valence-corrected chi connectivity index (χ3v) is 2.25. The zero-order valence-electron chi connectivity index (χ0n) is 9.41. The zero-order chi connectivity index (χ0) is 11.5. The van der Waals surface area contributed by atoms with Crippen LogP contribution in [0.4, 0.5) is 0 Å². The molecule has 2 N–H and O–H groups in total. The van der Waals surface area contributed by atoms with E-state index in [0.29, 0.717) is 11.3 Å². The van der Waals surface area contributed by atoms with E-state index in [1.165, 1.54) is 0 Å². The molecule has 0 unspecified atom stereocenters. The maximum Gasteiger partial charge on any atom is 0.102 e. The third kappa shape index (κ3) is 2.60. The molecule has 0 spiro atoms.